The highest BCUT2D eigenvalue weighted by Crippen LogP contribution is 2.16. The molecule has 11 heavy (non-hydrogen) atoms. The molecule has 0 aromatic rings. The van der Waals surface area contributed by atoms with Gasteiger partial charge in [-0.25, -0.2) is 4.79 Å². The standard InChI is InChI=1S/C6H9BrN2O2/c1-6(2)4(10)9(3-7)5(11)8-6/h3H2,1-2H3,(H,8,11). The number of imide groups is 1. The van der Waals surface area contributed by atoms with Gasteiger partial charge in [-0.1, -0.05) is 15.9 Å². The number of alkyl halides is 1. The molecular formula is C6H9BrN2O2. The smallest absolute Gasteiger partial charge is 0.324 e. The Morgan fingerprint density at radius 1 is 1.55 bits per heavy atom. The van der Waals surface area contributed by atoms with Gasteiger partial charge >= 0.3 is 6.03 Å². The minimum atomic E-state index is -0.745. The maximum atomic E-state index is 11.3. The zero-order chi connectivity index (χ0) is 8.65. The maximum Gasteiger partial charge on any atom is 0.325 e. The van der Waals surface area contributed by atoms with Crippen LogP contribution in [-0.2, 0) is 4.79 Å². The zero-order valence-electron chi connectivity index (χ0n) is 6.35. The van der Waals surface area contributed by atoms with Crippen LogP contribution in [0, 0.1) is 0 Å². The van der Waals surface area contributed by atoms with E-state index in [1.54, 1.807) is 13.8 Å². The molecule has 0 spiro atoms. The number of urea groups is 1. The van der Waals surface area contributed by atoms with E-state index in [2.05, 4.69) is 21.2 Å². The van der Waals surface area contributed by atoms with Gasteiger partial charge < -0.3 is 5.32 Å². The summed E-state index contributed by atoms with van der Waals surface area (Å²) in [5, 5.41) is 2.55. The summed E-state index contributed by atoms with van der Waals surface area (Å²) in [5.74, 6) is -0.195. The first kappa shape index (κ1) is 8.52. The highest BCUT2D eigenvalue weighted by Gasteiger charge is 2.43. The average molecular weight is 221 g/mol. The van der Waals surface area contributed by atoms with Crippen LogP contribution in [0.2, 0.25) is 0 Å². The SMILES string of the molecule is CC1(C)NC(=O)N(CBr)C1=O. The normalized spacial score (nSPS) is 22.3. The number of hydrogen-bond acceptors (Lipinski definition) is 2. The first-order chi connectivity index (χ1) is 4.99. The van der Waals surface area contributed by atoms with Crippen molar-refractivity contribution < 1.29 is 9.59 Å². The van der Waals surface area contributed by atoms with Gasteiger partial charge in [0.2, 0.25) is 0 Å². The molecule has 0 aromatic heterocycles. The first-order valence-corrected chi connectivity index (χ1v) is 4.31. The molecule has 1 fully saturated rings. The maximum absolute atomic E-state index is 11.3. The summed E-state index contributed by atoms with van der Waals surface area (Å²) >= 11 is 3.05. The fourth-order valence-electron chi connectivity index (χ4n) is 0.926. The van der Waals surface area contributed by atoms with Gasteiger partial charge in [0.15, 0.2) is 0 Å². The fourth-order valence-corrected chi connectivity index (χ4v) is 1.38. The predicted octanol–water partition coefficient (Wildman–Crippen LogP) is 0.669. The van der Waals surface area contributed by atoms with Crippen molar-refractivity contribution in [2.45, 2.75) is 19.4 Å². The average Bonchev–Trinajstić information content (AvgIpc) is 2.04. The molecule has 0 radical (unpaired) electrons. The number of rotatable bonds is 1. The van der Waals surface area contributed by atoms with Crippen LogP contribution in [0.3, 0.4) is 0 Å². The lowest BCUT2D eigenvalue weighted by Crippen LogP contribution is -2.40. The number of halogens is 1. The summed E-state index contributed by atoms with van der Waals surface area (Å²) in [4.78, 5) is 23.4. The monoisotopic (exact) mass is 220 g/mol. The molecule has 62 valence electrons. The van der Waals surface area contributed by atoms with Crippen LogP contribution in [0.4, 0.5) is 4.79 Å². The van der Waals surface area contributed by atoms with Gasteiger partial charge in [-0.2, -0.15) is 0 Å². The van der Waals surface area contributed by atoms with Crippen LogP contribution in [0.1, 0.15) is 13.8 Å². The molecule has 1 N–H and O–H groups in total. The molecule has 1 aliphatic heterocycles. The van der Waals surface area contributed by atoms with Crippen LogP contribution in [0.25, 0.3) is 0 Å². The number of nitrogens with zero attached hydrogens (tertiary/aromatic N) is 1. The largest absolute Gasteiger partial charge is 0.325 e. The summed E-state index contributed by atoms with van der Waals surface area (Å²) in [6.07, 6.45) is 0. The topological polar surface area (TPSA) is 49.4 Å². The fraction of sp³-hybridized carbons (Fsp3) is 0.667. The molecular weight excluding hydrogens is 212 g/mol. The van der Waals surface area contributed by atoms with Crippen LogP contribution >= 0.6 is 15.9 Å². The Hall–Kier alpha value is -0.580. The van der Waals surface area contributed by atoms with E-state index in [1.165, 1.54) is 0 Å². The Morgan fingerprint density at radius 3 is 2.27 bits per heavy atom. The van der Waals surface area contributed by atoms with Crippen molar-refractivity contribution in [1.82, 2.24) is 10.2 Å². The summed E-state index contributed by atoms with van der Waals surface area (Å²) < 4.78 is 0. The summed E-state index contributed by atoms with van der Waals surface area (Å²) in [6, 6.07) is -0.336. The number of carbonyl (C=O) groups excluding carboxylic acids is 2. The summed E-state index contributed by atoms with van der Waals surface area (Å²) in [7, 11) is 0. The Balaban J connectivity index is 2.88. The van der Waals surface area contributed by atoms with Crippen molar-refractivity contribution in [3.63, 3.8) is 0 Å². The molecule has 1 heterocycles. The number of carbonyl (C=O) groups is 2. The van der Waals surface area contributed by atoms with Gasteiger partial charge in [0.25, 0.3) is 5.91 Å². The number of amides is 3. The van der Waals surface area contributed by atoms with E-state index < -0.39 is 5.54 Å². The first-order valence-electron chi connectivity index (χ1n) is 3.19. The third kappa shape index (κ3) is 1.24. The van der Waals surface area contributed by atoms with Crippen molar-refractivity contribution in [3.05, 3.63) is 0 Å². The molecule has 0 aliphatic carbocycles. The van der Waals surface area contributed by atoms with Crippen molar-refractivity contribution in [2.24, 2.45) is 0 Å². The van der Waals surface area contributed by atoms with E-state index in [-0.39, 0.29) is 17.4 Å². The molecule has 4 nitrogen and oxygen atoms in total. The van der Waals surface area contributed by atoms with Crippen molar-refractivity contribution in [1.29, 1.82) is 0 Å². The van der Waals surface area contributed by atoms with Gasteiger partial charge in [0.1, 0.15) is 5.54 Å². The Bertz CT molecular complexity index is 215. The third-order valence-electron chi connectivity index (χ3n) is 1.56. The molecule has 0 aromatic carbocycles. The summed E-state index contributed by atoms with van der Waals surface area (Å²) in [5.41, 5.74) is -0.494. The second-order valence-corrected chi connectivity index (χ2v) is 3.41. The van der Waals surface area contributed by atoms with E-state index in [1.807, 2.05) is 0 Å². The number of nitrogens with one attached hydrogen (secondary N) is 1. The highest BCUT2D eigenvalue weighted by atomic mass is 79.9. The quantitative estimate of drug-likeness (QED) is 0.402. The van der Waals surface area contributed by atoms with Crippen LogP contribution in [0.5, 0.6) is 0 Å². The molecule has 0 saturated carbocycles. The second kappa shape index (κ2) is 2.48. The second-order valence-electron chi connectivity index (χ2n) is 2.91. The molecule has 1 aliphatic rings. The predicted molar refractivity (Wildman–Crippen MR) is 43.3 cm³/mol. The van der Waals surface area contributed by atoms with Crippen molar-refractivity contribution in [3.8, 4) is 0 Å². The van der Waals surface area contributed by atoms with Crippen LogP contribution < -0.4 is 5.32 Å². The third-order valence-corrected chi connectivity index (χ3v) is 2.07. The van der Waals surface area contributed by atoms with Crippen molar-refractivity contribution in [2.75, 3.05) is 5.45 Å². The minimum absolute atomic E-state index is 0.195. The molecule has 5 heteroatoms. The Kier molecular flexibility index (Phi) is 1.92. The Labute approximate surface area is 73.1 Å². The van der Waals surface area contributed by atoms with Crippen LogP contribution in [-0.4, -0.2) is 27.8 Å². The zero-order valence-corrected chi connectivity index (χ0v) is 7.93. The van der Waals surface area contributed by atoms with Gasteiger partial charge in [-0.05, 0) is 13.8 Å². The number of hydrogen-bond donors (Lipinski definition) is 1. The van der Waals surface area contributed by atoms with E-state index in [0.717, 1.165) is 4.90 Å². The van der Waals surface area contributed by atoms with Crippen molar-refractivity contribution >= 4 is 27.9 Å². The van der Waals surface area contributed by atoms with E-state index in [9.17, 15) is 9.59 Å². The molecule has 0 bridgehead atoms. The van der Waals surface area contributed by atoms with Gasteiger partial charge in [-0.3, -0.25) is 9.69 Å². The van der Waals surface area contributed by atoms with Crippen LogP contribution in [0.15, 0.2) is 0 Å². The molecule has 1 rings (SSSR count). The minimum Gasteiger partial charge on any atom is -0.324 e. The lowest BCUT2D eigenvalue weighted by atomic mass is 10.1. The van der Waals surface area contributed by atoms with E-state index in [0.29, 0.717) is 0 Å². The molecule has 0 unspecified atom stereocenters. The Morgan fingerprint density at radius 2 is 2.09 bits per heavy atom. The molecule has 0 atom stereocenters. The lowest BCUT2D eigenvalue weighted by molar-refractivity contribution is -0.129. The molecule has 1 saturated heterocycles. The molecule has 3 amide bonds. The van der Waals surface area contributed by atoms with Gasteiger partial charge in [-0.15, -0.1) is 0 Å². The lowest BCUT2D eigenvalue weighted by Gasteiger charge is -2.13. The van der Waals surface area contributed by atoms with Gasteiger partial charge in [0.05, 0.1) is 5.45 Å². The van der Waals surface area contributed by atoms with Gasteiger partial charge in [0, 0.05) is 0 Å². The van der Waals surface area contributed by atoms with E-state index >= 15 is 0 Å². The highest BCUT2D eigenvalue weighted by molar-refractivity contribution is 9.09. The van der Waals surface area contributed by atoms with E-state index in [4.69, 9.17) is 0 Å². The summed E-state index contributed by atoms with van der Waals surface area (Å²) in [6.45, 7) is 3.35.